The molecule has 0 aromatic heterocycles. The summed E-state index contributed by atoms with van der Waals surface area (Å²) in [7, 11) is 1.59. The van der Waals surface area contributed by atoms with E-state index in [0.717, 1.165) is 32.1 Å². The summed E-state index contributed by atoms with van der Waals surface area (Å²) in [5, 5.41) is 14.0. The second-order valence-corrected chi connectivity index (χ2v) is 20.4. The predicted octanol–water partition coefficient (Wildman–Crippen LogP) is 14.9. The highest BCUT2D eigenvalue weighted by atomic mass is 31.2. The van der Waals surface area contributed by atoms with E-state index in [2.05, 4.69) is 37.4 Å². The molecular weight excluding hydrogens is 768 g/mol. The zero-order chi connectivity index (χ0) is 44.3. The van der Waals surface area contributed by atoms with E-state index in [-0.39, 0.29) is 25.5 Å². The predicted molar refractivity (Wildman–Crippen MR) is 258 cm³/mol. The van der Waals surface area contributed by atoms with Crippen LogP contribution in [0.5, 0.6) is 0 Å². The van der Waals surface area contributed by atoms with Crippen LogP contribution in [-0.4, -0.2) is 73.4 Å². The fraction of sp³-hybridized carbons (Fsp3) is 0.902. The van der Waals surface area contributed by atoms with Crippen molar-refractivity contribution in [1.82, 2.24) is 5.32 Å². The number of amides is 1. The third-order valence-corrected chi connectivity index (χ3v) is 12.7. The molecule has 0 saturated carbocycles. The number of rotatable bonds is 47. The van der Waals surface area contributed by atoms with Crippen LogP contribution in [0.1, 0.15) is 245 Å². The summed E-state index contributed by atoms with van der Waals surface area (Å²) in [5.74, 6) is -0.209. The second-order valence-electron chi connectivity index (χ2n) is 18.9. The summed E-state index contributed by atoms with van der Waals surface area (Å²) in [6.07, 6.45) is 52.4. The molecular formula is C51H102N2O6P+. The Hall–Kier alpha value is -1.02. The highest BCUT2D eigenvalue weighted by Gasteiger charge is 2.28. The van der Waals surface area contributed by atoms with Gasteiger partial charge >= 0.3 is 7.82 Å². The number of nitrogens with one attached hydrogen (secondary N) is 1. The van der Waals surface area contributed by atoms with Gasteiger partial charge in [0.15, 0.2) is 0 Å². The number of allylic oxidation sites excluding steroid dienone is 4. The zero-order valence-electron chi connectivity index (χ0n) is 40.5. The average molecular weight is 870 g/mol. The lowest BCUT2D eigenvalue weighted by Gasteiger charge is -2.26. The van der Waals surface area contributed by atoms with Crippen LogP contribution in [0, 0.1) is 0 Å². The van der Waals surface area contributed by atoms with Crippen molar-refractivity contribution in [1.29, 1.82) is 0 Å². The second kappa shape index (κ2) is 43.2. The number of aliphatic hydroxyl groups is 1. The van der Waals surface area contributed by atoms with E-state index in [1.54, 1.807) is 0 Å². The van der Waals surface area contributed by atoms with E-state index >= 15 is 0 Å². The van der Waals surface area contributed by atoms with Crippen molar-refractivity contribution < 1.29 is 32.9 Å². The summed E-state index contributed by atoms with van der Waals surface area (Å²) < 4.78 is 23.6. The van der Waals surface area contributed by atoms with E-state index in [1.165, 1.54) is 180 Å². The summed E-state index contributed by atoms with van der Waals surface area (Å²) in [4.78, 5) is 23.1. The molecule has 0 aliphatic heterocycles. The molecule has 0 fully saturated rings. The lowest BCUT2D eigenvalue weighted by molar-refractivity contribution is -0.870. The number of unbranched alkanes of at least 4 members (excludes halogenated alkanes) is 30. The smallest absolute Gasteiger partial charge is 0.391 e. The Balaban J connectivity index is 4.20. The minimum atomic E-state index is -4.33. The summed E-state index contributed by atoms with van der Waals surface area (Å²) in [5.41, 5.74) is 0. The SMILES string of the molecule is CCCCCCCC/C=C\C/C=C\CCC(=O)NC(COP(=O)(O)OCC[N+](C)(C)C)C(O)CCCCCCCCCCCCCCCCCCCCCCCCCCC. The fourth-order valence-electron chi connectivity index (χ4n) is 7.63. The summed E-state index contributed by atoms with van der Waals surface area (Å²) in [6.45, 7) is 4.85. The highest BCUT2D eigenvalue weighted by molar-refractivity contribution is 7.47. The van der Waals surface area contributed by atoms with Gasteiger partial charge < -0.3 is 19.8 Å². The molecule has 0 saturated heterocycles. The lowest BCUT2D eigenvalue weighted by atomic mass is 10.0. The van der Waals surface area contributed by atoms with Gasteiger partial charge in [-0.15, -0.1) is 0 Å². The van der Waals surface area contributed by atoms with Crippen LogP contribution in [0.25, 0.3) is 0 Å². The van der Waals surface area contributed by atoms with Crippen LogP contribution >= 0.6 is 7.82 Å². The number of phosphoric ester groups is 1. The molecule has 3 unspecified atom stereocenters. The first kappa shape index (κ1) is 59.0. The number of carbonyl (C=O) groups is 1. The normalized spacial score (nSPS) is 14.3. The van der Waals surface area contributed by atoms with Crippen molar-refractivity contribution in [3.8, 4) is 0 Å². The van der Waals surface area contributed by atoms with Crippen molar-refractivity contribution >= 4 is 13.7 Å². The maximum absolute atomic E-state index is 12.9. The van der Waals surface area contributed by atoms with Crippen LogP contribution in [0.3, 0.4) is 0 Å². The van der Waals surface area contributed by atoms with Crippen LogP contribution in [0.15, 0.2) is 24.3 Å². The highest BCUT2D eigenvalue weighted by Crippen LogP contribution is 2.43. The van der Waals surface area contributed by atoms with Crippen LogP contribution in [0.4, 0.5) is 0 Å². The standard InChI is InChI=1S/C51H101N2O6P/c1-6-8-10-12-14-16-18-20-21-22-23-24-25-26-27-28-29-30-31-33-34-36-38-40-42-44-50(54)49(48-59-60(56,57)58-47-46-53(3,4)5)52-51(55)45-43-41-39-37-35-32-19-17-15-13-11-9-7-2/h32,35,39,41,49-50,54H,6-31,33-34,36-38,40,42-48H2,1-5H3,(H-,52,55,56,57)/p+1/b35-32-,41-39-. The van der Waals surface area contributed by atoms with Gasteiger partial charge in [0.1, 0.15) is 13.2 Å². The van der Waals surface area contributed by atoms with E-state index in [4.69, 9.17) is 9.05 Å². The minimum absolute atomic E-state index is 0.0665. The fourth-order valence-corrected chi connectivity index (χ4v) is 8.36. The molecule has 0 aliphatic carbocycles. The zero-order valence-corrected chi connectivity index (χ0v) is 41.4. The van der Waals surface area contributed by atoms with Crippen molar-refractivity contribution in [2.75, 3.05) is 40.9 Å². The van der Waals surface area contributed by atoms with E-state index in [1.807, 2.05) is 27.2 Å². The molecule has 0 heterocycles. The van der Waals surface area contributed by atoms with Gasteiger partial charge in [-0.1, -0.05) is 231 Å². The van der Waals surface area contributed by atoms with Gasteiger partial charge in [-0.3, -0.25) is 13.8 Å². The average Bonchev–Trinajstić information content (AvgIpc) is 3.20. The molecule has 0 bridgehead atoms. The van der Waals surface area contributed by atoms with E-state index in [9.17, 15) is 19.4 Å². The van der Waals surface area contributed by atoms with Gasteiger partial charge in [0.25, 0.3) is 0 Å². The molecule has 356 valence electrons. The molecule has 0 aromatic rings. The molecule has 0 spiro atoms. The van der Waals surface area contributed by atoms with Gasteiger partial charge in [0.2, 0.25) is 5.91 Å². The number of aliphatic hydroxyl groups excluding tert-OH is 1. The van der Waals surface area contributed by atoms with E-state index < -0.39 is 20.0 Å². The first-order valence-electron chi connectivity index (χ1n) is 25.7. The Labute approximate surface area is 373 Å². The number of hydrogen-bond donors (Lipinski definition) is 3. The van der Waals surface area contributed by atoms with Crippen molar-refractivity contribution in [3.63, 3.8) is 0 Å². The summed E-state index contributed by atoms with van der Waals surface area (Å²) >= 11 is 0. The Morgan fingerprint density at radius 3 is 1.37 bits per heavy atom. The maximum atomic E-state index is 12.9. The molecule has 3 N–H and O–H groups in total. The first-order valence-corrected chi connectivity index (χ1v) is 27.2. The van der Waals surface area contributed by atoms with Gasteiger partial charge in [-0.25, -0.2) is 4.57 Å². The molecule has 9 heteroatoms. The van der Waals surface area contributed by atoms with E-state index in [0.29, 0.717) is 23.9 Å². The third-order valence-electron chi connectivity index (χ3n) is 11.7. The Bertz CT molecular complexity index is 1030. The molecule has 8 nitrogen and oxygen atoms in total. The molecule has 3 atom stereocenters. The van der Waals surface area contributed by atoms with Crippen LogP contribution < -0.4 is 5.32 Å². The lowest BCUT2D eigenvalue weighted by Crippen LogP contribution is -2.46. The number of nitrogens with zero attached hydrogens (tertiary/aromatic N) is 1. The quantitative estimate of drug-likeness (QED) is 0.0243. The van der Waals surface area contributed by atoms with Gasteiger partial charge in [0, 0.05) is 6.42 Å². The Morgan fingerprint density at radius 1 is 0.567 bits per heavy atom. The first-order chi connectivity index (χ1) is 29.0. The van der Waals surface area contributed by atoms with Gasteiger partial charge in [-0.2, -0.15) is 0 Å². The molecule has 0 radical (unpaired) electrons. The monoisotopic (exact) mass is 870 g/mol. The van der Waals surface area contributed by atoms with Crippen molar-refractivity contribution in [2.24, 2.45) is 0 Å². The molecule has 60 heavy (non-hydrogen) atoms. The Kier molecular flexibility index (Phi) is 42.5. The molecule has 0 aliphatic rings. The topological polar surface area (TPSA) is 105 Å². The number of likely N-dealkylation sites (N-methyl/N-ethyl adjacent to an activating group) is 1. The van der Waals surface area contributed by atoms with Crippen molar-refractivity contribution in [3.05, 3.63) is 24.3 Å². The summed E-state index contributed by atoms with van der Waals surface area (Å²) in [6, 6.07) is -0.789. The number of hydrogen-bond acceptors (Lipinski definition) is 5. The maximum Gasteiger partial charge on any atom is 0.472 e. The number of quaternary nitrogens is 1. The van der Waals surface area contributed by atoms with Crippen LogP contribution in [-0.2, 0) is 18.4 Å². The molecule has 0 rings (SSSR count). The third kappa shape index (κ3) is 45.0. The Morgan fingerprint density at radius 2 is 0.950 bits per heavy atom. The molecule has 1 amide bonds. The minimum Gasteiger partial charge on any atom is -0.391 e. The number of carbonyl (C=O) groups excluding carboxylic acids is 1. The van der Waals surface area contributed by atoms with Crippen molar-refractivity contribution in [2.45, 2.75) is 257 Å². The van der Waals surface area contributed by atoms with Gasteiger partial charge in [-0.05, 0) is 32.1 Å². The molecule has 0 aromatic carbocycles. The largest absolute Gasteiger partial charge is 0.472 e. The van der Waals surface area contributed by atoms with Crippen LogP contribution in [0.2, 0.25) is 0 Å². The number of phosphoric acid groups is 1. The van der Waals surface area contributed by atoms with Gasteiger partial charge in [0.05, 0.1) is 39.9 Å².